The number of nitrogens with zero attached hydrogens (tertiary/aromatic N) is 1. The third-order valence-corrected chi connectivity index (χ3v) is 4.88. The van der Waals surface area contributed by atoms with E-state index in [9.17, 15) is 4.79 Å². The van der Waals surface area contributed by atoms with Crippen molar-refractivity contribution in [3.63, 3.8) is 0 Å². The molecule has 5 nitrogen and oxygen atoms in total. The summed E-state index contributed by atoms with van der Waals surface area (Å²) in [5.74, 6) is 1.80. The fourth-order valence-electron chi connectivity index (χ4n) is 3.16. The van der Waals surface area contributed by atoms with Crippen molar-refractivity contribution in [1.29, 1.82) is 0 Å². The van der Waals surface area contributed by atoms with Crippen LogP contribution in [-0.2, 0) is 4.79 Å². The third-order valence-electron chi connectivity index (χ3n) is 4.88. The fourth-order valence-corrected chi connectivity index (χ4v) is 3.16. The zero-order valence-electron chi connectivity index (χ0n) is 18.5. The Hall–Kier alpha value is -2.27. The van der Waals surface area contributed by atoms with Gasteiger partial charge in [0.25, 0.3) is 0 Å². The van der Waals surface area contributed by atoms with Gasteiger partial charge in [-0.2, -0.15) is 0 Å². The van der Waals surface area contributed by atoms with Gasteiger partial charge >= 0.3 is 0 Å². The normalized spacial score (nSPS) is 15.5. The first-order valence-corrected chi connectivity index (χ1v) is 10.5. The average molecular weight is 401 g/mol. The minimum atomic E-state index is -0.0492. The Morgan fingerprint density at radius 3 is 2.59 bits per heavy atom. The van der Waals surface area contributed by atoms with E-state index in [1.165, 1.54) is 5.57 Å². The van der Waals surface area contributed by atoms with Crippen molar-refractivity contribution in [2.24, 2.45) is 5.92 Å². The standard InChI is InChI=1S/C24H36N2O3/c1-18(2)10-13-26-14-11-21(12-15-26)25-24(27)9-7-20-6-8-22(23(16-20)28-5)29-17-19(3)4/h6-10,16,19,21H,11-15,17H2,1-5H3,(H,25,27)/b9-7+. The number of likely N-dealkylation sites (tertiary alicyclic amines) is 1. The molecule has 1 heterocycles. The molecule has 5 heteroatoms. The number of carbonyl (C=O) groups excluding carboxylic acids is 1. The third kappa shape index (κ3) is 8.32. The predicted molar refractivity (Wildman–Crippen MR) is 119 cm³/mol. The largest absolute Gasteiger partial charge is 0.493 e. The van der Waals surface area contributed by atoms with Crippen LogP contribution in [0.15, 0.2) is 35.9 Å². The summed E-state index contributed by atoms with van der Waals surface area (Å²) in [4.78, 5) is 14.7. The average Bonchev–Trinajstić information content (AvgIpc) is 2.70. The summed E-state index contributed by atoms with van der Waals surface area (Å²) in [7, 11) is 1.63. The van der Waals surface area contributed by atoms with Crippen LogP contribution >= 0.6 is 0 Å². The number of carbonyl (C=O) groups is 1. The number of amides is 1. The summed E-state index contributed by atoms with van der Waals surface area (Å²) in [6, 6.07) is 5.96. The van der Waals surface area contributed by atoms with Crippen LogP contribution in [0.5, 0.6) is 11.5 Å². The van der Waals surface area contributed by atoms with Gasteiger partial charge in [-0.25, -0.2) is 0 Å². The van der Waals surface area contributed by atoms with Gasteiger partial charge in [-0.15, -0.1) is 0 Å². The number of piperidine rings is 1. The molecule has 0 saturated carbocycles. The predicted octanol–water partition coefficient (Wildman–Crippen LogP) is 4.29. The number of benzene rings is 1. The Bertz CT molecular complexity index is 713. The highest BCUT2D eigenvalue weighted by Crippen LogP contribution is 2.29. The zero-order chi connectivity index (χ0) is 21.2. The molecule has 1 aliphatic heterocycles. The monoisotopic (exact) mass is 400 g/mol. The molecular formula is C24H36N2O3. The summed E-state index contributed by atoms with van der Waals surface area (Å²) in [6.45, 7) is 12.1. The molecule has 0 aliphatic carbocycles. The molecule has 0 atom stereocenters. The van der Waals surface area contributed by atoms with Crippen molar-refractivity contribution < 1.29 is 14.3 Å². The van der Waals surface area contributed by atoms with Crippen molar-refractivity contribution >= 4 is 12.0 Å². The minimum Gasteiger partial charge on any atom is -0.493 e. The summed E-state index contributed by atoms with van der Waals surface area (Å²) < 4.78 is 11.2. The highest BCUT2D eigenvalue weighted by Gasteiger charge is 2.19. The van der Waals surface area contributed by atoms with Gasteiger partial charge in [0.2, 0.25) is 5.91 Å². The van der Waals surface area contributed by atoms with Crippen LogP contribution in [0.25, 0.3) is 6.08 Å². The smallest absolute Gasteiger partial charge is 0.244 e. The van der Waals surface area contributed by atoms with Crippen LogP contribution < -0.4 is 14.8 Å². The van der Waals surface area contributed by atoms with Crippen LogP contribution in [0.3, 0.4) is 0 Å². The SMILES string of the molecule is COc1cc(/C=C/C(=O)NC2CCN(CC=C(C)C)CC2)ccc1OCC(C)C. The van der Waals surface area contributed by atoms with E-state index in [-0.39, 0.29) is 11.9 Å². The Morgan fingerprint density at radius 2 is 1.97 bits per heavy atom. The van der Waals surface area contributed by atoms with Gasteiger partial charge in [0.1, 0.15) is 0 Å². The molecule has 1 fully saturated rings. The van der Waals surface area contributed by atoms with Gasteiger partial charge in [0.15, 0.2) is 11.5 Å². The van der Waals surface area contributed by atoms with Crippen molar-refractivity contribution in [2.75, 3.05) is 33.4 Å². The first-order valence-electron chi connectivity index (χ1n) is 10.5. The van der Waals surface area contributed by atoms with Crippen molar-refractivity contribution in [2.45, 2.75) is 46.6 Å². The highest BCUT2D eigenvalue weighted by atomic mass is 16.5. The summed E-state index contributed by atoms with van der Waals surface area (Å²) in [6.07, 6.45) is 7.65. The number of methoxy groups -OCH3 is 1. The zero-order valence-corrected chi connectivity index (χ0v) is 18.5. The molecule has 1 aliphatic rings. The number of nitrogens with one attached hydrogen (secondary N) is 1. The van der Waals surface area contributed by atoms with Crippen molar-refractivity contribution in [1.82, 2.24) is 10.2 Å². The Morgan fingerprint density at radius 1 is 1.24 bits per heavy atom. The topological polar surface area (TPSA) is 50.8 Å². The van der Waals surface area contributed by atoms with Gasteiger partial charge in [-0.3, -0.25) is 9.69 Å². The lowest BCUT2D eigenvalue weighted by Crippen LogP contribution is -2.44. The summed E-state index contributed by atoms with van der Waals surface area (Å²) >= 11 is 0. The summed E-state index contributed by atoms with van der Waals surface area (Å²) in [5, 5.41) is 3.12. The van der Waals surface area contributed by atoms with E-state index in [0.29, 0.717) is 18.3 Å². The molecule has 0 unspecified atom stereocenters. The van der Waals surface area contributed by atoms with Crippen LogP contribution in [0.2, 0.25) is 0 Å². The molecule has 0 aromatic heterocycles. The van der Waals surface area contributed by atoms with Crippen LogP contribution in [0, 0.1) is 5.92 Å². The molecule has 29 heavy (non-hydrogen) atoms. The van der Waals surface area contributed by atoms with Gasteiger partial charge in [-0.05, 0) is 56.4 Å². The van der Waals surface area contributed by atoms with Gasteiger partial charge in [-0.1, -0.05) is 31.6 Å². The number of rotatable bonds is 9. The Balaban J connectivity index is 1.84. The van der Waals surface area contributed by atoms with Gasteiger partial charge in [0.05, 0.1) is 13.7 Å². The molecular weight excluding hydrogens is 364 g/mol. The first-order chi connectivity index (χ1) is 13.9. The molecule has 0 spiro atoms. The van der Waals surface area contributed by atoms with Crippen LogP contribution in [0.4, 0.5) is 0 Å². The molecule has 1 amide bonds. The van der Waals surface area contributed by atoms with E-state index >= 15 is 0 Å². The van der Waals surface area contributed by atoms with Crippen molar-refractivity contribution in [3.05, 3.63) is 41.5 Å². The molecule has 160 valence electrons. The van der Waals surface area contributed by atoms with E-state index < -0.39 is 0 Å². The second-order valence-corrected chi connectivity index (χ2v) is 8.31. The number of hydrogen-bond acceptors (Lipinski definition) is 4. The molecule has 1 N–H and O–H groups in total. The molecule has 0 bridgehead atoms. The number of hydrogen-bond donors (Lipinski definition) is 1. The summed E-state index contributed by atoms with van der Waals surface area (Å²) in [5.41, 5.74) is 2.26. The number of ether oxygens (including phenoxy) is 2. The minimum absolute atomic E-state index is 0.0492. The van der Waals surface area contributed by atoms with Crippen molar-refractivity contribution in [3.8, 4) is 11.5 Å². The van der Waals surface area contributed by atoms with E-state index in [4.69, 9.17) is 9.47 Å². The maximum absolute atomic E-state index is 12.3. The maximum atomic E-state index is 12.3. The lowest BCUT2D eigenvalue weighted by atomic mass is 10.0. The molecule has 1 aromatic rings. The fraction of sp³-hybridized carbons (Fsp3) is 0.542. The molecule has 1 saturated heterocycles. The Kier molecular flexibility index (Phi) is 9.26. The van der Waals surface area contributed by atoms with Gasteiger partial charge in [0, 0.05) is 31.8 Å². The molecule has 2 rings (SSSR count). The van der Waals surface area contributed by atoms with Gasteiger partial charge < -0.3 is 14.8 Å². The lowest BCUT2D eigenvalue weighted by molar-refractivity contribution is -0.117. The second-order valence-electron chi connectivity index (χ2n) is 8.31. The quantitative estimate of drug-likeness (QED) is 0.496. The maximum Gasteiger partial charge on any atom is 0.244 e. The highest BCUT2D eigenvalue weighted by molar-refractivity contribution is 5.92. The van der Waals surface area contributed by atoms with E-state index in [1.54, 1.807) is 13.2 Å². The van der Waals surface area contributed by atoms with E-state index in [2.05, 4.69) is 44.0 Å². The van der Waals surface area contributed by atoms with Crippen LogP contribution in [-0.4, -0.2) is 50.2 Å². The Labute approximate surface area is 175 Å². The number of allylic oxidation sites excluding steroid dienone is 1. The molecule has 0 radical (unpaired) electrons. The second kappa shape index (κ2) is 11.7. The van der Waals surface area contributed by atoms with E-state index in [0.717, 1.165) is 43.8 Å². The first kappa shape index (κ1) is 23.0. The van der Waals surface area contributed by atoms with Crippen LogP contribution in [0.1, 0.15) is 46.1 Å². The lowest BCUT2D eigenvalue weighted by Gasteiger charge is -2.31. The molecule has 1 aromatic carbocycles. The van der Waals surface area contributed by atoms with E-state index in [1.807, 2.05) is 24.3 Å².